The van der Waals surface area contributed by atoms with Gasteiger partial charge in [0.1, 0.15) is 0 Å². The third kappa shape index (κ3) is 4.32. The first kappa shape index (κ1) is 16.2. The van der Waals surface area contributed by atoms with Gasteiger partial charge in [0, 0.05) is 25.0 Å². The number of aryl methyl sites for hydroxylation is 1. The number of hydrogen-bond acceptors (Lipinski definition) is 2. The summed E-state index contributed by atoms with van der Waals surface area (Å²) in [7, 11) is 0. The lowest BCUT2D eigenvalue weighted by molar-refractivity contribution is 0.470. The van der Waals surface area contributed by atoms with Gasteiger partial charge in [-0.3, -0.25) is 0 Å². The second kappa shape index (κ2) is 6.06. The highest BCUT2D eigenvalue weighted by Gasteiger charge is 2.23. The minimum Gasteiger partial charge on any atom is -0.329 e. The molecule has 0 amide bonds. The molecule has 1 rings (SSSR count). The molecule has 0 saturated carbocycles. The molecule has 0 aliphatic rings. The highest BCUT2D eigenvalue weighted by atomic mass is 14.9. The van der Waals surface area contributed by atoms with E-state index in [2.05, 4.69) is 65.1 Å². The van der Waals surface area contributed by atoms with Crippen molar-refractivity contribution in [1.82, 2.24) is 5.32 Å². The minimum absolute atomic E-state index is 0.135. The first-order chi connectivity index (χ1) is 8.68. The van der Waals surface area contributed by atoms with Gasteiger partial charge in [0.05, 0.1) is 0 Å². The Morgan fingerprint density at radius 3 is 2.21 bits per heavy atom. The maximum Gasteiger partial charge on any atom is 0.00748 e. The van der Waals surface area contributed by atoms with E-state index in [0.29, 0.717) is 6.54 Å². The number of rotatable bonds is 5. The second-order valence-corrected chi connectivity index (χ2v) is 7.13. The van der Waals surface area contributed by atoms with Gasteiger partial charge >= 0.3 is 0 Å². The standard InChI is InChI=1S/C17H30N2/c1-13-11-14(16(2,3)4)7-8-15(13)17(5,6)12-19-10-9-18/h7-8,11,19H,9-10,12,18H2,1-6H3. The van der Waals surface area contributed by atoms with Crippen LogP contribution in [0.25, 0.3) is 0 Å². The summed E-state index contributed by atoms with van der Waals surface area (Å²) in [4.78, 5) is 0. The molecule has 0 saturated heterocycles. The highest BCUT2D eigenvalue weighted by Crippen LogP contribution is 2.30. The van der Waals surface area contributed by atoms with Gasteiger partial charge in [-0.25, -0.2) is 0 Å². The van der Waals surface area contributed by atoms with Gasteiger partial charge in [0.25, 0.3) is 0 Å². The zero-order valence-electron chi connectivity index (χ0n) is 13.4. The summed E-state index contributed by atoms with van der Waals surface area (Å²) in [6.45, 7) is 16.1. The summed E-state index contributed by atoms with van der Waals surface area (Å²) >= 11 is 0. The van der Waals surface area contributed by atoms with Crippen LogP contribution in [0.2, 0.25) is 0 Å². The van der Waals surface area contributed by atoms with Crippen molar-refractivity contribution in [2.75, 3.05) is 19.6 Å². The van der Waals surface area contributed by atoms with Crippen molar-refractivity contribution < 1.29 is 0 Å². The van der Waals surface area contributed by atoms with E-state index < -0.39 is 0 Å². The Balaban J connectivity index is 2.95. The lowest BCUT2D eigenvalue weighted by Gasteiger charge is -2.29. The number of nitrogens with one attached hydrogen (secondary N) is 1. The summed E-state index contributed by atoms with van der Waals surface area (Å²) in [5, 5.41) is 3.42. The van der Waals surface area contributed by atoms with E-state index in [1.807, 2.05) is 0 Å². The van der Waals surface area contributed by atoms with Gasteiger partial charge in [-0.05, 0) is 29.0 Å². The Morgan fingerprint density at radius 2 is 1.74 bits per heavy atom. The molecule has 3 N–H and O–H groups in total. The van der Waals surface area contributed by atoms with Crippen LogP contribution < -0.4 is 11.1 Å². The van der Waals surface area contributed by atoms with Crippen LogP contribution in [0.15, 0.2) is 18.2 Å². The van der Waals surface area contributed by atoms with E-state index in [1.165, 1.54) is 16.7 Å². The van der Waals surface area contributed by atoms with E-state index in [1.54, 1.807) is 0 Å². The van der Waals surface area contributed by atoms with Gasteiger partial charge in [0.15, 0.2) is 0 Å². The van der Waals surface area contributed by atoms with Gasteiger partial charge in [-0.15, -0.1) is 0 Å². The largest absolute Gasteiger partial charge is 0.329 e. The smallest absolute Gasteiger partial charge is 0.00748 e. The molecule has 0 radical (unpaired) electrons. The van der Waals surface area contributed by atoms with E-state index >= 15 is 0 Å². The van der Waals surface area contributed by atoms with Crippen LogP contribution in [0, 0.1) is 6.92 Å². The number of nitrogens with two attached hydrogens (primary N) is 1. The molecule has 0 fully saturated rings. The average Bonchev–Trinajstić information content (AvgIpc) is 2.27. The molecule has 1 aromatic rings. The minimum atomic E-state index is 0.135. The van der Waals surface area contributed by atoms with Gasteiger partial charge in [-0.2, -0.15) is 0 Å². The number of hydrogen-bond donors (Lipinski definition) is 2. The van der Waals surface area contributed by atoms with E-state index in [0.717, 1.165) is 13.1 Å². The Bertz CT molecular complexity index is 414. The SMILES string of the molecule is Cc1cc(C(C)(C)C)ccc1C(C)(C)CNCCN. The lowest BCUT2D eigenvalue weighted by Crippen LogP contribution is -2.36. The topological polar surface area (TPSA) is 38.0 Å². The Labute approximate surface area is 118 Å². The van der Waals surface area contributed by atoms with Crippen molar-refractivity contribution >= 4 is 0 Å². The zero-order valence-corrected chi connectivity index (χ0v) is 13.4. The second-order valence-electron chi connectivity index (χ2n) is 7.13. The lowest BCUT2D eigenvalue weighted by atomic mass is 9.78. The predicted octanol–water partition coefficient (Wildman–Crippen LogP) is 3.12. The molecule has 0 aliphatic carbocycles. The van der Waals surface area contributed by atoms with E-state index in [9.17, 15) is 0 Å². The first-order valence-electron chi connectivity index (χ1n) is 7.21. The van der Waals surface area contributed by atoms with Crippen molar-refractivity contribution in [2.24, 2.45) is 5.73 Å². The van der Waals surface area contributed by atoms with E-state index in [-0.39, 0.29) is 10.8 Å². The summed E-state index contributed by atoms with van der Waals surface area (Å²) in [5.41, 5.74) is 10.1. The maximum absolute atomic E-state index is 5.53. The normalized spacial score (nSPS) is 12.8. The molecular formula is C17H30N2. The molecule has 0 bridgehead atoms. The summed E-state index contributed by atoms with van der Waals surface area (Å²) in [5.74, 6) is 0. The first-order valence-corrected chi connectivity index (χ1v) is 7.21. The summed E-state index contributed by atoms with van der Waals surface area (Å²) in [6.07, 6.45) is 0. The Hall–Kier alpha value is -0.860. The summed E-state index contributed by atoms with van der Waals surface area (Å²) < 4.78 is 0. The molecule has 0 spiro atoms. The van der Waals surface area contributed by atoms with Crippen LogP contribution in [0.1, 0.15) is 51.3 Å². The van der Waals surface area contributed by atoms with Crippen LogP contribution in [-0.4, -0.2) is 19.6 Å². The predicted molar refractivity (Wildman–Crippen MR) is 84.8 cm³/mol. The average molecular weight is 262 g/mol. The van der Waals surface area contributed by atoms with Crippen LogP contribution >= 0.6 is 0 Å². The fourth-order valence-corrected chi connectivity index (χ4v) is 2.49. The van der Waals surface area contributed by atoms with E-state index in [4.69, 9.17) is 5.73 Å². The van der Waals surface area contributed by atoms with Crippen LogP contribution in [0.4, 0.5) is 0 Å². The molecule has 0 aromatic heterocycles. The third-order valence-electron chi connectivity index (χ3n) is 3.71. The van der Waals surface area contributed by atoms with Gasteiger partial charge < -0.3 is 11.1 Å². The molecular weight excluding hydrogens is 232 g/mol. The molecule has 0 unspecified atom stereocenters. The van der Waals surface area contributed by atoms with Crippen molar-refractivity contribution in [3.05, 3.63) is 34.9 Å². The van der Waals surface area contributed by atoms with Crippen LogP contribution in [-0.2, 0) is 10.8 Å². The van der Waals surface area contributed by atoms with Crippen molar-refractivity contribution in [1.29, 1.82) is 0 Å². The molecule has 19 heavy (non-hydrogen) atoms. The molecule has 0 atom stereocenters. The third-order valence-corrected chi connectivity index (χ3v) is 3.71. The molecule has 2 nitrogen and oxygen atoms in total. The van der Waals surface area contributed by atoms with Gasteiger partial charge in [0.2, 0.25) is 0 Å². The molecule has 1 aromatic carbocycles. The maximum atomic E-state index is 5.53. The number of benzene rings is 1. The van der Waals surface area contributed by atoms with Crippen LogP contribution in [0.5, 0.6) is 0 Å². The summed E-state index contributed by atoms with van der Waals surface area (Å²) in [6, 6.07) is 6.90. The fourth-order valence-electron chi connectivity index (χ4n) is 2.49. The van der Waals surface area contributed by atoms with Crippen molar-refractivity contribution in [3.8, 4) is 0 Å². The Morgan fingerprint density at radius 1 is 1.11 bits per heavy atom. The van der Waals surface area contributed by atoms with Crippen molar-refractivity contribution in [3.63, 3.8) is 0 Å². The molecule has 0 heterocycles. The molecule has 108 valence electrons. The fraction of sp³-hybridized carbons (Fsp3) is 0.647. The highest BCUT2D eigenvalue weighted by molar-refractivity contribution is 5.38. The quantitative estimate of drug-likeness (QED) is 0.800. The molecule has 0 aliphatic heterocycles. The van der Waals surface area contributed by atoms with Gasteiger partial charge in [-0.1, -0.05) is 52.8 Å². The zero-order chi connectivity index (χ0) is 14.7. The Kier molecular flexibility index (Phi) is 5.17. The molecule has 2 heteroatoms. The van der Waals surface area contributed by atoms with Crippen LogP contribution in [0.3, 0.4) is 0 Å². The van der Waals surface area contributed by atoms with Crippen molar-refractivity contribution in [2.45, 2.75) is 52.4 Å². The monoisotopic (exact) mass is 262 g/mol.